The van der Waals surface area contributed by atoms with Crippen molar-refractivity contribution in [2.75, 3.05) is 48.7 Å². The lowest BCUT2D eigenvalue weighted by Gasteiger charge is -2.38. The molecule has 3 aliphatic rings. The third-order valence-electron chi connectivity index (χ3n) is 7.17. The average molecular weight is 467 g/mol. The largest absolute Gasteiger partial charge is 0.492 e. The summed E-state index contributed by atoms with van der Waals surface area (Å²) in [6, 6.07) is 13.1. The van der Waals surface area contributed by atoms with Gasteiger partial charge in [-0.3, -0.25) is 14.0 Å². The van der Waals surface area contributed by atoms with Gasteiger partial charge in [-0.05, 0) is 79.9 Å². The van der Waals surface area contributed by atoms with Gasteiger partial charge >= 0.3 is 0 Å². The van der Waals surface area contributed by atoms with Gasteiger partial charge in [0.25, 0.3) is 0 Å². The van der Waals surface area contributed by atoms with Gasteiger partial charge in [-0.15, -0.1) is 0 Å². The quantitative estimate of drug-likeness (QED) is 0.741. The fraction of sp³-hybridized carbons (Fsp3) is 0.417. The van der Waals surface area contributed by atoms with Gasteiger partial charge in [0.2, 0.25) is 15.9 Å². The van der Waals surface area contributed by atoms with Gasteiger partial charge in [-0.2, -0.15) is 5.26 Å². The monoisotopic (exact) mass is 466 g/mol. The van der Waals surface area contributed by atoms with Crippen LogP contribution in [0.2, 0.25) is 0 Å². The highest BCUT2D eigenvalue weighted by molar-refractivity contribution is 7.92. The van der Waals surface area contributed by atoms with Crippen molar-refractivity contribution in [2.45, 2.75) is 24.7 Å². The van der Waals surface area contributed by atoms with Crippen LogP contribution in [-0.4, -0.2) is 58.3 Å². The number of fused-ring (bicyclic) bond motifs is 3. The van der Waals surface area contributed by atoms with E-state index in [1.165, 1.54) is 4.31 Å². The van der Waals surface area contributed by atoms with Gasteiger partial charge in [-0.1, -0.05) is 0 Å². The minimum absolute atomic E-state index is 0.0320. The van der Waals surface area contributed by atoms with Crippen molar-refractivity contribution in [3.63, 3.8) is 0 Å². The van der Waals surface area contributed by atoms with Crippen LogP contribution < -0.4 is 14.4 Å². The first-order chi connectivity index (χ1) is 15.8. The molecular weight excluding hydrogens is 440 g/mol. The van der Waals surface area contributed by atoms with Crippen LogP contribution in [0.25, 0.3) is 0 Å². The zero-order valence-corrected chi connectivity index (χ0v) is 19.3. The van der Waals surface area contributed by atoms with Gasteiger partial charge < -0.3 is 10.1 Å². The number of aryl methyl sites for hydroxylation is 1. The second-order valence-electron chi connectivity index (χ2n) is 8.92. The summed E-state index contributed by atoms with van der Waals surface area (Å²) in [6.07, 6.45) is 1.91. The van der Waals surface area contributed by atoms with Gasteiger partial charge in [0.1, 0.15) is 12.4 Å². The van der Waals surface area contributed by atoms with Crippen molar-refractivity contribution >= 4 is 27.3 Å². The normalized spacial score (nSPS) is 20.6. The molecule has 0 radical (unpaired) electrons. The number of carbonyl (C=O) groups is 1. The van der Waals surface area contributed by atoms with E-state index in [1.807, 2.05) is 24.3 Å². The Bertz CT molecular complexity index is 1260. The molecule has 0 bridgehead atoms. The van der Waals surface area contributed by atoms with Crippen LogP contribution in [0.15, 0.2) is 36.4 Å². The number of piperidine rings is 1. The molecule has 1 spiro atoms. The highest BCUT2D eigenvalue weighted by Crippen LogP contribution is 2.45. The van der Waals surface area contributed by atoms with E-state index in [0.29, 0.717) is 37.1 Å². The molecule has 1 N–H and O–H groups in total. The maximum absolute atomic E-state index is 12.8. The summed E-state index contributed by atoms with van der Waals surface area (Å²) in [5.74, 6) is 0.884. The van der Waals surface area contributed by atoms with Crippen molar-refractivity contribution in [2.24, 2.45) is 0 Å². The van der Waals surface area contributed by atoms with Crippen LogP contribution in [0.3, 0.4) is 0 Å². The van der Waals surface area contributed by atoms with E-state index in [2.05, 4.69) is 16.3 Å². The molecule has 1 amide bonds. The molecule has 33 heavy (non-hydrogen) atoms. The van der Waals surface area contributed by atoms with E-state index in [-0.39, 0.29) is 11.7 Å². The maximum atomic E-state index is 12.8. The topological polar surface area (TPSA) is 103 Å². The van der Waals surface area contributed by atoms with Gasteiger partial charge in [0.15, 0.2) is 0 Å². The number of sulfonamides is 1. The molecule has 0 atom stereocenters. The van der Waals surface area contributed by atoms with Crippen LogP contribution >= 0.6 is 0 Å². The molecule has 0 saturated carbocycles. The average Bonchev–Trinajstić information content (AvgIpc) is 3.08. The number of likely N-dealkylation sites (tertiary alicyclic amines) is 1. The third-order valence-corrected chi connectivity index (χ3v) is 8.92. The Morgan fingerprint density at radius 2 is 1.97 bits per heavy atom. The summed E-state index contributed by atoms with van der Waals surface area (Å²) in [4.78, 5) is 15.1. The molecule has 0 unspecified atom stereocenters. The molecule has 1 fully saturated rings. The smallest absolute Gasteiger partial charge is 0.235 e. The molecule has 8 nitrogen and oxygen atoms in total. The maximum Gasteiger partial charge on any atom is 0.235 e. The number of hydrogen-bond donors (Lipinski definition) is 1. The van der Waals surface area contributed by atoms with Crippen molar-refractivity contribution in [3.05, 3.63) is 53.1 Å². The number of nitriles is 1. The molecule has 9 heteroatoms. The summed E-state index contributed by atoms with van der Waals surface area (Å²) < 4.78 is 31.4. The summed E-state index contributed by atoms with van der Waals surface area (Å²) >= 11 is 0. The molecule has 0 aromatic heterocycles. The molecule has 3 aliphatic heterocycles. The van der Waals surface area contributed by atoms with E-state index in [1.54, 1.807) is 19.2 Å². The molecule has 0 aliphatic carbocycles. The molecule has 5 rings (SSSR count). The predicted molar refractivity (Wildman–Crippen MR) is 125 cm³/mol. The number of nitrogens with one attached hydrogen (secondary N) is 1. The first kappa shape index (κ1) is 21.7. The second kappa shape index (κ2) is 8.04. The Balaban J connectivity index is 1.18. The summed E-state index contributed by atoms with van der Waals surface area (Å²) in [6.45, 7) is 2.81. The number of anilines is 2. The fourth-order valence-electron chi connectivity index (χ4n) is 5.12. The second-order valence-corrected chi connectivity index (χ2v) is 11.0. The van der Waals surface area contributed by atoms with Gasteiger partial charge in [0, 0.05) is 19.3 Å². The Labute approximate surface area is 193 Å². The summed E-state index contributed by atoms with van der Waals surface area (Å²) in [5, 5.41) is 12.2. The number of nitrogens with zero attached hydrogens (tertiary/aromatic N) is 3. The van der Waals surface area contributed by atoms with Crippen molar-refractivity contribution in [1.82, 2.24) is 4.90 Å². The van der Waals surface area contributed by atoms with E-state index < -0.39 is 15.4 Å². The lowest BCUT2D eigenvalue weighted by atomic mass is 9.73. The van der Waals surface area contributed by atoms with Crippen LogP contribution in [0.1, 0.15) is 29.5 Å². The van der Waals surface area contributed by atoms with Crippen molar-refractivity contribution in [3.8, 4) is 11.8 Å². The number of amides is 1. The van der Waals surface area contributed by atoms with E-state index in [4.69, 9.17) is 4.74 Å². The van der Waals surface area contributed by atoms with E-state index in [0.717, 1.165) is 42.2 Å². The zero-order valence-electron chi connectivity index (χ0n) is 18.5. The minimum Gasteiger partial charge on any atom is -0.492 e. The Morgan fingerprint density at radius 1 is 1.18 bits per heavy atom. The first-order valence-corrected chi connectivity index (χ1v) is 12.7. The molecule has 3 heterocycles. The highest BCUT2D eigenvalue weighted by Gasteiger charge is 2.48. The molecule has 172 valence electrons. The van der Waals surface area contributed by atoms with Gasteiger partial charge in [-0.25, -0.2) is 8.42 Å². The standard InChI is InChI=1S/C24H26N4O4S/c1-27-22-5-3-19(15-18(22)6-13-33(27,30)31)32-12-11-28-9-7-24(8-10-28)20-14-17(16-25)2-4-21(20)26-23(24)29/h2-5,14-15H,6-13H2,1H3,(H,26,29). The first-order valence-electron chi connectivity index (χ1n) is 11.1. The Kier molecular flexibility index (Phi) is 5.30. The molecule has 2 aromatic carbocycles. The van der Waals surface area contributed by atoms with Crippen molar-refractivity contribution < 1.29 is 17.9 Å². The number of carbonyl (C=O) groups excluding carboxylic acids is 1. The Hall–Kier alpha value is -3.09. The van der Waals surface area contributed by atoms with Crippen LogP contribution in [0.5, 0.6) is 5.75 Å². The molecular formula is C24H26N4O4S. The number of hydrogen-bond acceptors (Lipinski definition) is 6. The zero-order chi connectivity index (χ0) is 23.2. The molecule has 2 aromatic rings. The van der Waals surface area contributed by atoms with E-state index >= 15 is 0 Å². The molecule has 1 saturated heterocycles. The predicted octanol–water partition coefficient (Wildman–Crippen LogP) is 2.25. The fourth-order valence-corrected chi connectivity index (χ4v) is 6.34. The number of benzene rings is 2. The lowest BCUT2D eigenvalue weighted by molar-refractivity contribution is -0.122. The summed E-state index contributed by atoms with van der Waals surface area (Å²) in [5.41, 5.74) is 3.49. The van der Waals surface area contributed by atoms with Crippen LogP contribution in [0.4, 0.5) is 11.4 Å². The number of ether oxygens (including phenoxy) is 1. The number of rotatable bonds is 4. The van der Waals surface area contributed by atoms with Gasteiger partial charge in [0.05, 0.1) is 28.5 Å². The highest BCUT2D eigenvalue weighted by atomic mass is 32.2. The van der Waals surface area contributed by atoms with Crippen molar-refractivity contribution in [1.29, 1.82) is 5.26 Å². The minimum atomic E-state index is -3.21. The SMILES string of the molecule is CN1c2ccc(OCCN3CCC4(CC3)C(=O)Nc3ccc(C#N)cc34)cc2CCS1(=O)=O. The van der Waals surface area contributed by atoms with Crippen LogP contribution in [0, 0.1) is 11.3 Å². The lowest BCUT2D eigenvalue weighted by Crippen LogP contribution is -2.47. The third kappa shape index (κ3) is 3.73. The summed E-state index contributed by atoms with van der Waals surface area (Å²) in [7, 11) is -1.63. The Morgan fingerprint density at radius 3 is 2.73 bits per heavy atom. The van der Waals surface area contributed by atoms with E-state index in [9.17, 15) is 18.5 Å². The van der Waals surface area contributed by atoms with Crippen LogP contribution in [-0.2, 0) is 26.7 Å².